The van der Waals surface area contributed by atoms with Crippen LogP contribution in [-0.2, 0) is 9.53 Å². The summed E-state index contributed by atoms with van der Waals surface area (Å²) in [5, 5.41) is 0.497. The van der Waals surface area contributed by atoms with E-state index >= 15 is 0 Å². The molecule has 0 aliphatic heterocycles. The molecule has 0 saturated carbocycles. The number of esters is 1. The minimum absolute atomic E-state index is 0.176. The molecule has 0 saturated heterocycles. The van der Waals surface area contributed by atoms with Crippen molar-refractivity contribution >= 4 is 22.7 Å². The quantitative estimate of drug-likeness (QED) is 0.415. The maximum atomic E-state index is 11.4. The van der Waals surface area contributed by atoms with E-state index in [0.717, 1.165) is 6.42 Å². The number of rotatable bonds is 6. The lowest BCUT2D eigenvalue weighted by Gasteiger charge is -2.12. The van der Waals surface area contributed by atoms with Crippen molar-refractivity contribution in [2.45, 2.75) is 27.2 Å². The predicted molar refractivity (Wildman–Crippen MR) is 72.2 cm³/mol. The van der Waals surface area contributed by atoms with E-state index in [1.807, 2.05) is 13.8 Å². The minimum atomic E-state index is -0.448. The van der Waals surface area contributed by atoms with Crippen molar-refractivity contribution in [3.63, 3.8) is 0 Å². The van der Waals surface area contributed by atoms with Crippen molar-refractivity contribution < 1.29 is 9.53 Å². The molecule has 0 aliphatic rings. The molecule has 0 aromatic carbocycles. The summed E-state index contributed by atoms with van der Waals surface area (Å²) in [7, 11) is 1.35. The van der Waals surface area contributed by atoms with Crippen molar-refractivity contribution in [3.05, 3.63) is 24.4 Å². The number of nitrogens with zero attached hydrogens (tertiary/aromatic N) is 1. The lowest BCUT2D eigenvalue weighted by atomic mass is 10.1. The molecule has 0 bridgehead atoms. The van der Waals surface area contributed by atoms with Crippen molar-refractivity contribution in [1.82, 2.24) is 0 Å². The Hall–Kier alpha value is -1.09. The van der Waals surface area contributed by atoms with Crippen LogP contribution in [0.1, 0.15) is 27.2 Å². The number of methoxy groups -OCH3 is 1. The standard InChI is InChI=1S/C13H20ClNO2/c1-6-8-11(10(4)13(16)17-5)15-12(14)9(3)7-2/h6,8-10H,1,7H2,2-5H3/b11-8-,15-12?. The first kappa shape index (κ1) is 15.9. The van der Waals surface area contributed by atoms with Crippen LogP contribution >= 0.6 is 11.6 Å². The molecule has 96 valence electrons. The van der Waals surface area contributed by atoms with Gasteiger partial charge in [-0.1, -0.05) is 38.1 Å². The molecular formula is C13H20ClNO2. The van der Waals surface area contributed by atoms with E-state index in [2.05, 4.69) is 16.3 Å². The highest BCUT2D eigenvalue weighted by atomic mass is 35.5. The van der Waals surface area contributed by atoms with Crippen molar-refractivity contribution in [2.24, 2.45) is 16.8 Å². The highest BCUT2D eigenvalue weighted by molar-refractivity contribution is 6.65. The molecule has 0 heterocycles. The Morgan fingerprint density at radius 3 is 2.53 bits per heavy atom. The highest BCUT2D eigenvalue weighted by Crippen LogP contribution is 2.18. The summed E-state index contributed by atoms with van der Waals surface area (Å²) in [6, 6.07) is 0. The maximum absolute atomic E-state index is 11.4. The van der Waals surface area contributed by atoms with Gasteiger partial charge in [-0.25, -0.2) is 4.99 Å². The normalized spacial score (nSPS) is 16.3. The SMILES string of the molecule is C=C/C=C(\N=C(Cl)C(C)CC)C(C)C(=O)OC. The lowest BCUT2D eigenvalue weighted by molar-refractivity contribution is -0.143. The summed E-state index contributed by atoms with van der Waals surface area (Å²) in [6.45, 7) is 9.34. The maximum Gasteiger partial charge on any atom is 0.314 e. The minimum Gasteiger partial charge on any atom is -0.469 e. The summed E-state index contributed by atoms with van der Waals surface area (Å²) in [6.07, 6.45) is 4.15. The Labute approximate surface area is 108 Å². The Balaban J connectivity index is 5.07. The summed E-state index contributed by atoms with van der Waals surface area (Å²) in [5.74, 6) is -0.610. The van der Waals surface area contributed by atoms with Crippen molar-refractivity contribution in [3.8, 4) is 0 Å². The van der Waals surface area contributed by atoms with Gasteiger partial charge in [0.05, 0.1) is 18.7 Å². The molecule has 0 aromatic rings. The zero-order valence-corrected chi connectivity index (χ0v) is 11.6. The summed E-state index contributed by atoms with van der Waals surface area (Å²) >= 11 is 6.08. The number of allylic oxidation sites excluding steroid dienone is 2. The smallest absolute Gasteiger partial charge is 0.314 e. The number of carbonyl (C=O) groups excluding carboxylic acids is 1. The van der Waals surface area contributed by atoms with Crippen LogP contribution < -0.4 is 0 Å². The molecule has 2 atom stereocenters. The second-order valence-electron chi connectivity index (χ2n) is 3.82. The van der Waals surface area contributed by atoms with Gasteiger partial charge in [-0.2, -0.15) is 0 Å². The molecule has 17 heavy (non-hydrogen) atoms. The number of hydrogen-bond acceptors (Lipinski definition) is 3. The van der Waals surface area contributed by atoms with Gasteiger partial charge in [-0.3, -0.25) is 4.79 Å². The molecular weight excluding hydrogens is 238 g/mol. The van der Waals surface area contributed by atoms with E-state index in [4.69, 9.17) is 11.6 Å². The molecule has 0 rings (SSSR count). The first-order chi connectivity index (χ1) is 7.97. The van der Waals surface area contributed by atoms with Crippen LogP contribution in [0, 0.1) is 11.8 Å². The van der Waals surface area contributed by atoms with Gasteiger partial charge < -0.3 is 4.74 Å². The van der Waals surface area contributed by atoms with Crippen LogP contribution in [0.25, 0.3) is 0 Å². The third-order valence-electron chi connectivity index (χ3n) is 2.54. The molecule has 4 heteroatoms. The van der Waals surface area contributed by atoms with E-state index in [1.54, 1.807) is 19.1 Å². The van der Waals surface area contributed by atoms with E-state index in [9.17, 15) is 4.79 Å². The van der Waals surface area contributed by atoms with Gasteiger partial charge in [0.1, 0.15) is 5.17 Å². The van der Waals surface area contributed by atoms with Gasteiger partial charge in [0.2, 0.25) is 0 Å². The topological polar surface area (TPSA) is 38.7 Å². The zero-order valence-electron chi connectivity index (χ0n) is 10.9. The molecule has 0 aromatic heterocycles. The fraction of sp³-hybridized carbons (Fsp3) is 0.538. The molecule has 2 unspecified atom stereocenters. The fourth-order valence-electron chi connectivity index (χ4n) is 1.10. The predicted octanol–water partition coefficient (Wildman–Crippen LogP) is 3.55. The Kier molecular flexibility index (Phi) is 7.55. The molecule has 0 amide bonds. The van der Waals surface area contributed by atoms with Crippen LogP contribution in [0.3, 0.4) is 0 Å². The summed E-state index contributed by atoms with van der Waals surface area (Å²) < 4.78 is 4.68. The number of aliphatic imine (C=N–C) groups is 1. The first-order valence-corrected chi connectivity index (χ1v) is 6.00. The molecule has 3 nitrogen and oxygen atoms in total. The van der Waals surface area contributed by atoms with Gasteiger partial charge >= 0.3 is 5.97 Å². The van der Waals surface area contributed by atoms with Crippen LogP contribution in [0.15, 0.2) is 29.4 Å². The largest absolute Gasteiger partial charge is 0.469 e. The molecule has 0 N–H and O–H groups in total. The van der Waals surface area contributed by atoms with Gasteiger partial charge in [-0.15, -0.1) is 0 Å². The molecule has 0 spiro atoms. The number of halogens is 1. The van der Waals surface area contributed by atoms with Crippen LogP contribution in [0.4, 0.5) is 0 Å². The summed E-state index contributed by atoms with van der Waals surface area (Å²) in [5.41, 5.74) is 0.567. The Bertz CT molecular complexity index is 334. The average molecular weight is 258 g/mol. The first-order valence-electron chi connectivity index (χ1n) is 5.62. The van der Waals surface area contributed by atoms with E-state index in [0.29, 0.717) is 10.9 Å². The lowest BCUT2D eigenvalue weighted by Crippen LogP contribution is -2.15. The van der Waals surface area contributed by atoms with Crippen LogP contribution in [0.2, 0.25) is 0 Å². The van der Waals surface area contributed by atoms with Gasteiger partial charge in [-0.05, 0) is 19.4 Å². The van der Waals surface area contributed by atoms with Crippen molar-refractivity contribution in [1.29, 1.82) is 0 Å². The third-order valence-corrected chi connectivity index (χ3v) is 3.00. The second kappa shape index (κ2) is 8.07. The fourth-order valence-corrected chi connectivity index (χ4v) is 1.35. The average Bonchev–Trinajstić information content (AvgIpc) is 2.35. The molecule has 0 fully saturated rings. The number of hydrogen-bond donors (Lipinski definition) is 0. The third kappa shape index (κ3) is 5.18. The Morgan fingerprint density at radius 1 is 1.53 bits per heavy atom. The van der Waals surface area contributed by atoms with Gasteiger partial charge in [0.15, 0.2) is 0 Å². The van der Waals surface area contributed by atoms with Gasteiger partial charge in [0, 0.05) is 5.92 Å². The van der Waals surface area contributed by atoms with Crippen molar-refractivity contribution in [2.75, 3.05) is 7.11 Å². The van der Waals surface area contributed by atoms with Crippen LogP contribution in [0.5, 0.6) is 0 Å². The monoisotopic (exact) mass is 257 g/mol. The zero-order chi connectivity index (χ0) is 13.4. The number of carbonyl (C=O) groups is 1. The van der Waals surface area contributed by atoms with E-state index < -0.39 is 5.92 Å². The highest BCUT2D eigenvalue weighted by Gasteiger charge is 2.18. The molecule has 0 aliphatic carbocycles. The van der Waals surface area contributed by atoms with E-state index in [1.165, 1.54) is 7.11 Å². The second-order valence-corrected chi connectivity index (χ2v) is 4.20. The summed E-state index contributed by atoms with van der Waals surface area (Å²) in [4.78, 5) is 15.7. The van der Waals surface area contributed by atoms with E-state index in [-0.39, 0.29) is 11.9 Å². The number of ether oxygens (including phenoxy) is 1. The van der Waals surface area contributed by atoms with Gasteiger partial charge in [0.25, 0.3) is 0 Å². The Morgan fingerprint density at radius 2 is 2.12 bits per heavy atom. The van der Waals surface area contributed by atoms with Crippen LogP contribution in [-0.4, -0.2) is 18.2 Å². The molecule has 0 radical (unpaired) electrons.